The fraction of sp³-hybridized carbons (Fsp3) is 0.318. The number of furan rings is 1. The number of nitrogen functional groups attached to an aromatic ring is 1. The maximum Gasteiger partial charge on any atom is 0.197 e. The van der Waals surface area contributed by atoms with E-state index in [9.17, 15) is 4.79 Å². The number of alkyl halides is 1. The van der Waals surface area contributed by atoms with Crippen molar-refractivity contribution in [2.24, 2.45) is 0 Å². The second kappa shape index (κ2) is 8.96. The number of ether oxygens (including phenoxy) is 1. The van der Waals surface area contributed by atoms with Crippen LogP contribution >= 0.6 is 11.6 Å². The van der Waals surface area contributed by atoms with Gasteiger partial charge in [0.1, 0.15) is 17.1 Å². The lowest BCUT2D eigenvalue weighted by atomic mass is 9.98. The summed E-state index contributed by atoms with van der Waals surface area (Å²) in [6.07, 6.45) is 3.50. The molecule has 142 valence electrons. The van der Waals surface area contributed by atoms with Gasteiger partial charge in [0.2, 0.25) is 0 Å². The predicted octanol–water partition coefficient (Wildman–Crippen LogP) is 5.60. The topological polar surface area (TPSA) is 65.5 Å². The van der Waals surface area contributed by atoms with E-state index in [4.69, 9.17) is 26.5 Å². The number of unbranched alkanes of at least 4 members (excludes halogenated alkanes) is 1. The molecule has 0 unspecified atom stereocenters. The maximum atomic E-state index is 13.2. The molecule has 0 bridgehead atoms. The first-order valence-corrected chi connectivity index (χ1v) is 9.82. The van der Waals surface area contributed by atoms with Crippen LogP contribution in [0.15, 0.2) is 46.9 Å². The van der Waals surface area contributed by atoms with E-state index in [1.807, 2.05) is 24.3 Å². The number of rotatable bonds is 9. The summed E-state index contributed by atoms with van der Waals surface area (Å²) in [7, 11) is 0. The first-order chi connectivity index (χ1) is 13.1. The van der Waals surface area contributed by atoms with E-state index >= 15 is 0 Å². The number of nitrogens with two attached hydrogens (primary N) is 1. The van der Waals surface area contributed by atoms with Crippen molar-refractivity contribution in [3.63, 3.8) is 0 Å². The van der Waals surface area contributed by atoms with Gasteiger partial charge in [0, 0.05) is 28.9 Å². The first kappa shape index (κ1) is 19.3. The van der Waals surface area contributed by atoms with Gasteiger partial charge in [0.15, 0.2) is 5.78 Å². The fourth-order valence-corrected chi connectivity index (χ4v) is 3.13. The molecule has 0 saturated heterocycles. The van der Waals surface area contributed by atoms with Crippen LogP contribution in [-0.2, 0) is 6.42 Å². The molecule has 5 heteroatoms. The van der Waals surface area contributed by atoms with Gasteiger partial charge >= 0.3 is 0 Å². The van der Waals surface area contributed by atoms with Gasteiger partial charge in [-0.1, -0.05) is 13.3 Å². The largest absolute Gasteiger partial charge is 0.494 e. The van der Waals surface area contributed by atoms with E-state index in [1.165, 1.54) is 0 Å². The van der Waals surface area contributed by atoms with Gasteiger partial charge < -0.3 is 14.9 Å². The molecular formula is C22H24ClNO3. The molecule has 0 aliphatic heterocycles. The Labute approximate surface area is 164 Å². The minimum Gasteiger partial charge on any atom is -0.494 e. The molecule has 3 rings (SSSR count). The number of fused-ring (bicyclic) bond motifs is 1. The average molecular weight is 386 g/mol. The van der Waals surface area contributed by atoms with E-state index in [2.05, 4.69) is 6.92 Å². The second-order valence-electron chi connectivity index (χ2n) is 6.50. The Morgan fingerprint density at radius 1 is 1.15 bits per heavy atom. The van der Waals surface area contributed by atoms with Crippen LogP contribution in [0, 0.1) is 0 Å². The number of hydrogen-bond acceptors (Lipinski definition) is 4. The third-order valence-electron chi connectivity index (χ3n) is 4.43. The van der Waals surface area contributed by atoms with Crippen LogP contribution < -0.4 is 10.5 Å². The van der Waals surface area contributed by atoms with Crippen molar-refractivity contribution >= 4 is 34.0 Å². The molecule has 0 spiro atoms. The van der Waals surface area contributed by atoms with Crippen LogP contribution in [-0.4, -0.2) is 18.3 Å². The molecule has 0 radical (unpaired) electrons. The van der Waals surface area contributed by atoms with Gasteiger partial charge in [-0.15, -0.1) is 11.6 Å². The van der Waals surface area contributed by atoms with Gasteiger partial charge in [-0.3, -0.25) is 4.79 Å². The van der Waals surface area contributed by atoms with Crippen LogP contribution in [0.5, 0.6) is 5.75 Å². The average Bonchev–Trinajstić information content (AvgIpc) is 3.04. The van der Waals surface area contributed by atoms with Crippen molar-refractivity contribution in [1.82, 2.24) is 0 Å². The third kappa shape index (κ3) is 4.45. The number of benzene rings is 2. The van der Waals surface area contributed by atoms with E-state index in [0.29, 0.717) is 34.9 Å². The summed E-state index contributed by atoms with van der Waals surface area (Å²) in [5, 5.41) is 0.772. The summed E-state index contributed by atoms with van der Waals surface area (Å²) >= 11 is 5.66. The highest BCUT2D eigenvalue weighted by atomic mass is 35.5. The van der Waals surface area contributed by atoms with Crippen molar-refractivity contribution in [3.8, 4) is 5.75 Å². The summed E-state index contributed by atoms with van der Waals surface area (Å²) in [5.41, 5.74) is 8.46. The lowest BCUT2D eigenvalue weighted by molar-refractivity contribution is 0.103. The molecule has 0 saturated carbocycles. The van der Waals surface area contributed by atoms with Gasteiger partial charge in [-0.05, 0) is 55.3 Å². The van der Waals surface area contributed by atoms with Crippen molar-refractivity contribution in [2.75, 3.05) is 18.2 Å². The molecule has 0 aliphatic carbocycles. The number of halogens is 1. The van der Waals surface area contributed by atoms with Crippen LogP contribution in [0.2, 0.25) is 0 Å². The molecule has 27 heavy (non-hydrogen) atoms. The maximum absolute atomic E-state index is 13.2. The standard InChI is InChI=1S/C22H24ClNO3/c1-2-3-5-20-21(18-14-16(24)8-11-19(18)27-20)22(25)15-6-9-17(10-7-15)26-13-4-12-23/h6-11,14H,2-5,12-13,24H2,1H3. The molecule has 0 amide bonds. The Kier molecular flexibility index (Phi) is 6.40. The molecular weight excluding hydrogens is 362 g/mol. The number of ketones is 1. The highest BCUT2D eigenvalue weighted by Crippen LogP contribution is 2.31. The van der Waals surface area contributed by atoms with Crippen molar-refractivity contribution in [1.29, 1.82) is 0 Å². The first-order valence-electron chi connectivity index (χ1n) is 9.28. The van der Waals surface area contributed by atoms with Crippen molar-refractivity contribution in [3.05, 3.63) is 59.4 Å². The Morgan fingerprint density at radius 2 is 1.93 bits per heavy atom. The van der Waals surface area contributed by atoms with Crippen LogP contribution in [0.4, 0.5) is 5.69 Å². The molecule has 4 nitrogen and oxygen atoms in total. The highest BCUT2D eigenvalue weighted by molar-refractivity contribution is 6.18. The SMILES string of the molecule is CCCCc1oc2ccc(N)cc2c1C(=O)c1ccc(OCCCCl)cc1. The van der Waals surface area contributed by atoms with Crippen LogP contribution in [0.25, 0.3) is 11.0 Å². The van der Waals surface area contributed by atoms with Gasteiger partial charge in [-0.2, -0.15) is 0 Å². The molecule has 2 aromatic carbocycles. The number of anilines is 1. The highest BCUT2D eigenvalue weighted by Gasteiger charge is 2.22. The summed E-state index contributed by atoms with van der Waals surface area (Å²) in [6, 6.07) is 12.6. The normalized spacial score (nSPS) is 11.0. The summed E-state index contributed by atoms with van der Waals surface area (Å²) in [4.78, 5) is 13.2. The molecule has 0 aliphatic rings. The fourth-order valence-electron chi connectivity index (χ4n) is 3.02. The number of aryl methyl sites for hydroxylation is 1. The molecule has 1 aromatic heterocycles. The molecule has 1 heterocycles. The third-order valence-corrected chi connectivity index (χ3v) is 4.70. The molecule has 0 fully saturated rings. The summed E-state index contributed by atoms with van der Waals surface area (Å²) in [6.45, 7) is 2.68. The van der Waals surface area contributed by atoms with E-state index < -0.39 is 0 Å². The predicted molar refractivity (Wildman–Crippen MR) is 110 cm³/mol. The quantitative estimate of drug-likeness (QED) is 0.225. The number of carbonyl (C=O) groups excluding carboxylic acids is 1. The molecule has 2 N–H and O–H groups in total. The van der Waals surface area contributed by atoms with Gasteiger partial charge in [0.05, 0.1) is 12.2 Å². The zero-order chi connectivity index (χ0) is 19.2. The van der Waals surface area contributed by atoms with Gasteiger partial charge in [0.25, 0.3) is 0 Å². The van der Waals surface area contributed by atoms with E-state index in [1.54, 1.807) is 18.2 Å². The zero-order valence-electron chi connectivity index (χ0n) is 15.5. The Bertz CT molecular complexity index is 915. The van der Waals surface area contributed by atoms with Crippen molar-refractivity contribution < 1.29 is 13.9 Å². The number of carbonyl (C=O) groups is 1. The molecule has 3 aromatic rings. The summed E-state index contributed by atoms with van der Waals surface area (Å²) < 4.78 is 11.6. The van der Waals surface area contributed by atoms with Crippen molar-refractivity contribution in [2.45, 2.75) is 32.6 Å². The van der Waals surface area contributed by atoms with Crippen LogP contribution in [0.1, 0.15) is 47.9 Å². The number of hydrogen-bond donors (Lipinski definition) is 1. The van der Waals surface area contributed by atoms with E-state index in [0.717, 1.165) is 42.6 Å². The minimum atomic E-state index is -0.0576. The Balaban J connectivity index is 1.93. The summed E-state index contributed by atoms with van der Waals surface area (Å²) in [5.74, 6) is 1.96. The van der Waals surface area contributed by atoms with E-state index in [-0.39, 0.29) is 5.78 Å². The van der Waals surface area contributed by atoms with Crippen LogP contribution in [0.3, 0.4) is 0 Å². The monoisotopic (exact) mass is 385 g/mol. The smallest absolute Gasteiger partial charge is 0.197 e. The second-order valence-corrected chi connectivity index (χ2v) is 6.88. The minimum absolute atomic E-state index is 0.0576. The lowest BCUT2D eigenvalue weighted by Gasteiger charge is -2.07. The zero-order valence-corrected chi connectivity index (χ0v) is 16.2. The van der Waals surface area contributed by atoms with Gasteiger partial charge in [-0.25, -0.2) is 0 Å². The Morgan fingerprint density at radius 3 is 2.63 bits per heavy atom. The lowest BCUT2D eigenvalue weighted by Crippen LogP contribution is -2.04. The Hall–Kier alpha value is -2.46. The molecule has 0 atom stereocenters.